The van der Waals surface area contributed by atoms with Gasteiger partial charge in [-0.3, -0.25) is 4.98 Å². The summed E-state index contributed by atoms with van der Waals surface area (Å²) in [6, 6.07) is 2.10. The zero-order chi connectivity index (χ0) is 13.9. The van der Waals surface area contributed by atoms with E-state index in [4.69, 9.17) is 0 Å². The predicted molar refractivity (Wildman–Crippen MR) is 62.8 cm³/mol. The summed E-state index contributed by atoms with van der Waals surface area (Å²) in [7, 11) is 0. The van der Waals surface area contributed by atoms with E-state index in [2.05, 4.69) is 4.98 Å². The Hall–Kier alpha value is -1.65. The number of pyridine rings is 1. The lowest BCUT2D eigenvalue weighted by Crippen LogP contribution is -2.09. The van der Waals surface area contributed by atoms with Gasteiger partial charge in [-0.05, 0) is 24.6 Å². The fourth-order valence-corrected chi connectivity index (χ4v) is 1.70. The highest BCUT2D eigenvalue weighted by molar-refractivity contribution is 5.88. The fraction of sp³-hybridized carbons (Fsp3) is 0.308. The number of hydrogen-bond donors (Lipinski definition) is 0. The highest BCUT2D eigenvalue weighted by Gasteiger charge is 2.36. The van der Waals surface area contributed by atoms with Gasteiger partial charge in [0.25, 0.3) is 0 Å². The summed E-state index contributed by atoms with van der Waals surface area (Å²) in [5, 5.41) is 0.163. The lowest BCUT2D eigenvalue weighted by molar-refractivity contribution is -0.138. The molecule has 0 saturated carbocycles. The largest absolute Gasteiger partial charge is 0.419 e. The van der Waals surface area contributed by atoms with Crippen molar-refractivity contribution in [2.24, 2.45) is 0 Å². The van der Waals surface area contributed by atoms with E-state index in [-0.39, 0.29) is 10.8 Å². The zero-order valence-electron chi connectivity index (χ0n) is 10.3. The van der Waals surface area contributed by atoms with Gasteiger partial charge < -0.3 is 0 Å². The van der Waals surface area contributed by atoms with Crippen molar-refractivity contribution in [1.29, 1.82) is 0 Å². The van der Waals surface area contributed by atoms with E-state index in [0.29, 0.717) is 5.56 Å². The van der Waals surface area contributed by atoms with Crippen molar-refractivity contribution in [2.45, 2.75) is 26.9 Å². The van der Waals surface area contributed by atoms with Crippen LogP contribution in [-0.4, -0.2) is 4.98 Å². The molecule has 98 valence electrons. The highest BCUT2D eigenvalue weighted by atomic mass is 19.4. The molecule has 0 aliphatic rings. The number of fused-ring (bicyclic) bond motifs is 1. The van der Waals surface area contributed by atoms with Crippen LogP contribution in [0.5, 0.6) is 0 Å². The van der Waals surface area contributed by atoms with Gasteiger partial charge in [0.2, 0.25) is 0 Å². The Bertz CT molecular complexity index is 546. The highest BCUT2D eigenvalue weighted by Crippen LogP contribution is 2.37. The lowest BCUT2D eigenvalue weighted by Gasteiger charge is -2.12. The zero-order valence-corrected chi connectivity index (χ0v) is 10.3. The van der Waals surface area contributed by atoms with Crippen molar-refractivity contribution in [3.05, 3.63) is 41.5 Å². The molecule has 1 nitrogen and oxygen atoms in total. The van der Waals surface area contributed by atoms with Crippen LogP contribution in [0.4, 0.5) is 17.6 Å². The van der Waals surface area contributed by atoms with Crippen LogP contribution in [0.2, 0.25) is 0 Å². The fourth-order valence-electron chi connectivity index (χ4n) is 1.70. The second-order valence-electron chi connectivity index (χ2n) is 3.47. The summed E-state index contributed by atoms with van der Waals surface area (Å²) in [5.41, 5.74) is -0.908. The van der Waals surface area contributed by atoms with E-state index in [1.54, 1.807) is 0 Å². The normalized spacial score (nSPS) is 11.1. The average molecular weight is 259 g/mol. The maximum absolute atomic E-state index is 13.3. The number of nitrogens with zero attached hydrogens (tertiary/aromatic N) is 1. The van der Waals surface area contributed by atoms with Crippen LogP contribution in [0.25, 0.3) is 10.8 Å². The van der Waals surface area contributed by atoms with Crippen LogP contribution in [0.3, 0.4) is 0 Å². The van der Waals surface area contributed by atoms with Crippen molar-refractivity contribution in [3.8, 4) is 0 Å². The molecule has 0 atom stereocenters. The minimum absolute atomic E-state index is 0.123. The Balaban J connectivity index is 0.000000771. The molecule has 2 aromatic rings. The van der Waals surface area contributed by atoms with E-state index < -0.39 is 17.6 Å². The van der Waals surface area contributed by atoms with E-state index in [1.165, 1.54) is 25.4 Å². The van der Waals surface area contributed by atoms with Crippen molar-refractivity contribution in [1.82, 2.24) is 4.98 Å². The third-order valence-corrected chi connectivity index (χ3v) is 2.35. The molecule has 1 heterocycles. The summed E-state index contributed by atoms with van der Waals surface area (Å²) < 4.78 is 51.3. The molecule has 0 unspecified atom stereocenters. The molecular formula is C13H13F4N. The molecule has 0 spiro atoms. The molecule has 1 aromatic carbocycles. The maximum atomic E-state index is 13.3. The molecule has 18 heavy (non-hydrogen) atoms. The van der Waals surface area contributed by atoms with Gasteiger partial charge in [0.05, 0.1) is 5.56 Å². The van der Waals surface area contributed by atoms with Crippen LogP contribution in [-0.2, 0) is 6.18 Å². The third kappa shape index (κ3) is 2.60. The Kier molecular flexibility index (Phi) is 4.27. The van der Waals surface area contributed by atoms with E-state index >= 15 is 0 Å². The quantitative estimate of drug-likeness (QED) is 0.623. The first kappa shape index (κ1) is 14.4. The first-order chi connectivity index (χ1) is 8.41. The van der Waals surface area contributed by atoms with Crippen LogP contribution < -0.4 is 0 Å². The minimum atomic E-state index is -4.70. The summed E-state index contributed by atoms with van der Waals surface area (Å²) >= 11 is 0. The topological polar surface area (TPSA) is 12.9 Å². The molecule has 0 N–H and O–H groups in total. The maximum Gasteiger partial charge on any atom is 0.419 e. The molecule has 0 saturated heterocycles. The predicted octanol–water partition coefficient (Wildman–Crippen LogP) is 4.73. The van der Waals surface area contributed by atoms with Gasteiger partial charge in [-0.15, -0.1) is 0 Å². The van der Waals surface area contributed by atoms with Crippen LogP contribution >= 0.6 is 0 Å². The number of aromatic nitrogens is 1. The van der Waals surface area contributed by atoms with Crippen molar-refractivity contribution < 1.29 is 17.6 Å². The van der Waals surface area contributed by atoms with Crippen LogP contribution in [0.15, 0.2) is 24.5 Å². The number of alkyl halides is 3. The standard InChI is InChI=1S/C11H7F4N.C2H6/c1-6-4-16-5-7-2-3-8(12)10(9(6)7)11(13,14)15;1-2/h2-5H,1H3;1-2H3. The van der Waals surface area contributed by atoms with E-state index in [0.717, 1.165) is 6.07 Å². The monoisotopic (exact) mass is 259 g/mol. The van der Waals surface area contributed by atoms with E-state index in [1.807, 2.05) is 13.8 Å². The average Bonchev–Trinajstić information content (AvgIpc) is 2.31. The van der Waals surface area contributed by atoms with Crippen molar-refractivity contribution >= 4 is 10.8 Å². The van der Waals surface area contributed by atoms with Gasteiger partial charge >= 0.3 is 6.18 Å². The number of aryl methyl sites for hydroxylation is 1. The molecule has 0 radical (unpaired) electrons. The summed E-state index contributed by atoms with van der Waals surface area (Å²) in [5.74, 6) is -1.26. The molecule has 0 aliphatic carbocycles. The van der Waals surface area contributed by atoms with Crippen molar-refractivity contribution in [2.75, 3.05) is 0 Å². The van der Waals surface area contributed by atoms with Gasteiger partial charge in [-0.2, -0.15) is 13.2 Å². The summed E-state index contributed by atoms with van der Waals surface area (Å²) in [4.78, 5) is 3.78. The summed E-state index contributed by atoms with van der Waals surface area (Å²) in [6.07, 6.45) is -2.12. The number of halogens is 4. The molecule has 0 fully saturated rings. The second-order valence-corrected chi connectivity index (χ2v) is 3.47. The lowest BCUT2D eigenvalue weighted by atomic mass is 10.0. The number of rotatable bonds is 0. The number of benzene rings is 1. The Labute approximate surface area is 102 Å². The SMILES string of the molecule is CC.Cc1cncc2ccc(F)c(C(F)(F)F)c12. The Morgan fingerprint density at radius 2 is 1.67 bits per heavy atom. The summed E-state index contributed by atoms with van der Waals surface area (Å²) in [6.45, 7) is 5.48. The number of hydrogen-bond acceptors (Lipinski definition) is 1. The van der Waals surface area contributed by atoms with Gasteiger partial charge in [0.1, 0.15) is 5.82 Å². The van der Waals surface area contributed by atoms with E-state index in [9.17, 15) is 17.6 Å². The van der Waals surface area contributed by atoms with Gasteiger partial charge in [-0.25, -0.2) is 4.39 Å². The van der Waals surface area contributed by atoms with Crippen molar-refractivity contribution in [3.63, 3.8) is 0 Å². The minimum Gasteiger partial charge on any atom is -0.264 e. The Morgan fingerprint density at radius 3 is 2.22 bits per heavy atom. The van der Waals surface area contributed by atoms with Crippen LogP contribution in [0.1, 0.15) is 25.0 Å². The molecular weight excluding hydrogens is 246 g/mol. The third-order valence-electron chi connectivity index (χ3n) is 2.35. The first-order valence-electron chi connectivity index (χ1n) is 5.51. The Morgan fingerprint density at radius 1 is 1.06 bits per heavy atom. The van der Waals surface area contributed by atoms with Gasteiger partial charge in [0, 0.05) is 23.2 Å². The molecule has 5 heteroatoms. The second kappa shape index (κ2) is 5.33. The molecule has 0 aliphatic heterocycles. The molecule has 0 bridgehead atoms. The molecule has 1 aromatic heterocycles. The van der Waals surface area contributed by atoms with Gasteiger partial charge in [-0.1, -0.05) is 13.8 Å². The smallest absolute Gasteiger partial charge is 0.264 e. The van der Waals surface area contributed by atoms with Gasteiger partial charge in [0.15, 0.2) is 0 Å². The molecule has 2 rings (SSSR count). The molecule has 0 amide bonds. The first-order valence-corrected chi connectivity index (χ1v) is 5.51. The van der Waals surface area contributed by atoms with Crippen LogP contribution in [0, 0.1) is 12.7 Å².